The second-order valence-electron chi connectivity index (χ2n) is 1.64. The summed E-state index contributed by atoms with van der Waals surface area (Å²) in [4.78, 5) is 30.5. The zero-order valence-corrected chi connectivity index (χ0v) is 5.70. The maximum absolute atomic E-state index is 10.5. The number of allylic oxidation sites excluding steroid dienone is 1. The maximum atomic E-state index is 10.5. The average Bonchev–Trinajstić information content (AvgIpc) is 1.88. The summed E-state index contributed by atoms with van der Waals surface area (Å²) >= 11 is 0. The Hall–Kier alpha value is -1.65. The van der Waals surface area contributed by atoms with E-state index in [1.807, 2.05) is 0 Å². The van der Waals surface area contributed by atoms with E-state index in [0.717, 1.165) is 6.08 Å². The summed E-state index contributed by atoms with van der Waals surface area (Å²) in [6.07, 6.45) is 0.943. The maximum Gasteiger partial charge on any atom is 0.377 e. The summed E-state index contributed by atoms with van der Waals surface area (Å²) in [5.74, 6) is -4.69. The third-order valence-corrected chi connectivity index (χ3v) is 0.958. The van der Waals surface area contributed by atoms with E-state index in [1.54, 1.807) is 0 Å². The van der Waals surface area contributed by atoms with E-state index in [4.69, 9.17) is 10.2 Å². The van der Waals surface area contributed by atoms with Crippen LogP contribution in [0.15, 0.2) is 11.6 Å². The molecule has 5 heteroatoms. The van der Waals surface area contributed by atoms with Crippen LogP contribution < -0.4 is 0 Å². The van der Waals surface area contributed by atoms with Gasteiger partial charge in [-0.1, -0.05) is 6.08 Å². The van der Waals surface area contributed by atoms with Crippen molar-refractivity contribution in [3.63, 3.8) is 0 Å². The predicted molar refractivity (Wildman–Crippen MR) is 34.0 cm³/mol. The van der Waals surface area contributed by atoms with Crippen LogP contribution in [0, 0.1) is 0 Å². The molecule has 0 heterocycles. The van der Waals surface area contributed by atoms with Gasteiger partial charge in [-0.3, -0.25) is 4.79 Å². The first-order chi connectivity index (χ1) is 5.00. The molecule has 0 aromatic rings. The zero-order valence-electron chi connectivity index (χ0n) is 5.70. The lowest BCUT2D eigenvalue weighted by molar-refractivity contribution is -0.149. The monoisotopic (exact) mass is 158 g/mol. The lowest BCUT2D eigenvalue weighted by Gasteiger charge is -1.93. The van der Waals surface area contributed by atoms with Gasteiger partial charge in [0.1, 0.15) is 5.57 Å². The average molecular weight is 158 g/mol. The van der Waals surface area contributed by atoms with Gasteiger partial charge in [0.15, 0.2) is 0 Å². The molecule has 0 saturated carbocycles. The molecule has 60 valence electrons. The Balaban J connectivity index is 4.69. The van der Waals surface area contributed by atoms with Crippen molar-refractivity contribution in [2.75, 3.05) is 0 Å². The van der Waals surface area contributed by atoms with E-state index >= 15 is 0 Å². The van der Waals surface area contributed by atoms with Gasteiger partial charge in [-0.05, 0) is 6.92 Å². The normalized spacial score (nSPS) is 10.8. The van der Waals surface area contributed by atoms with Gasteiger partial charge in [0.05, 0.1) is 0 Å². The van der Waals surface area contributed by atoms with Gasteiger partial charge in [0, 0.05) is 0 Å². The Morgan fingerprint density at radius 2 is 1.55 bits per heavy atom. The summed E-state index contributed by atoms with van der Waals surface area (Å²) in [5.41, 5.74) is -0.725. The van der Waals surface area contributed by atoms with Crippen molar-refractivity contribution in [3.8, 4) is 0 Å². The second kappa shape index (κ2) is 3.50. The molecule has 0 aliphatic carbocycles. The van der Waals surface area contributed by atoms with Crippen LogP contribution in [0.4, 0.5) is 0 Å². The lowest BCUT2D eigenvalue weighted by atomic mass is 10.1. The number of carbonyl (C=O) groups is 3. The van der Waals surface area contributed by atoms with Crippen molar-refractivity contribution in [2.24, 2.45) is 0 Å². The van der Waals surface area contributed by atoms with E-state index in [9.17, 15) is 14.4 Å². The van der Waals surface area contributed by atoms with Crippen molar-refractivity contribution in [2.45, 2.75) is 6.92 Å². The molecule has 0 amide bonds. The van der Waals surface area contributed by atoms with Gasteiger partial charge in [0.25, 0.3) is 5.78 Å². The molecule has 5 nitrogen and oxygen atoms in total. The molecule has 0 aromatic heterocycles. The first-order valence-electron chi connectivity index (χ1n) is 2.68. The minimum Gasteiger partial charge on any atom is -0.478 e. The van der Waals surface area contributed by atoms with Crippen LogP contribution in [-0.4, -0.2) is 27.9 Å². The Kier molecular flexibility index (Phi) is 2.98. The Morgan fingerprint density at radius 1 is 1.09 bits per heavy atom. The number of carbonyl (C=O) groups excluding carboxylic acids is 1. The topological polar surface area (TPSA) is 91.7 Å². The third kappa shape index (κ3) is 2.21. The molecular weight excluding hydrogens is 152 g/mol. The molecule has 0 bridgehead atoms. The lowest BCUT2D eigenvalue weighted by Crippen LogP contribution is -2.20. The fourth-order valence-corrected chi connectivity index (χ4v) is 0.467. The molecule has 0 spiro atoms. The van der Waals surface area contributed by atoms with E-state index in [-0.39, 0.29) is 0 Å². The van der Waals surface area contributed by atoms with Gasteiger partial charge in [0.2, 0.25) is 0 Å². The molecule has 0 saturated heterocycles. The summed E-state index contributed by atoms with van der Waals surface area (Å²) in [6, 6.07) is 0. The number of carboxylic acid groups (broad SMARTS) is 2. The van der Waals surface area contributed by atoms with E-state index in [1.165, 1.54) is 6.92 Å². The van der Waals surface area contributed by atoms with Crippen molar-refractivity contribution in [1.82, 2.24) is 0 Å². The number of rotatable bonds is 3. The van der Waals surface area contributed by atoms with Crippen LogP contribution in [0.3, 0.4) is 0 Å². The largest absolute Gasteiger partial charge is 0.478 e. The number of aliphatic carboxylic acids is 2. The Bertz CT molecular complexity index is 237. The highest BCUT2D eigenvalue weighted by Gasteiger charge is 2.22. The molecule has 0 aliphatic heterocycles. The van der Waals surface area contributed by atoms with Crippen LogP contribution in [0.1, 0.15) is 6.92 Å². The quantitative estimate of drug-likeness (QED) is 0.254. The smallest absolute Gasteiger partial charge is 0.377 e. The van der Waals surface area contributed by atoms with Gasteiger partial charge in [-0.15, -0.1) is 0 Å². The molecule has 11 heavy (non-hydrogen) atoms. The fourth-order valence-electron chi connectivity index (χ4n) is 0.467. The van der Waals surface area contributed by atoms with Crippen LogP contribution in [0.2, 0.25) is 0 Å². The number of hydrogen-bond acceptors (Lipinski definition) is 3. The molecule has 0 rings (SSSR count). The standard InChI is InChI=1S/C6H6O5/c1-2-3(5(8)9)4(7)6(10)11/h2H,1H3,(H,8,9)(H,10,11). The van der Waals surface area contributed by atoms with Crippen LogP contribution in [-0.2, 0) is 14.4 Å². The highest BCUT2D eigenvalue weighted by Crippen LogP contribution is 1.96. The van der Waals surface area contributed by atoms with E-state index in [2.05, 4.69) is 0 Å². The number of Topliss-reactive ketones (excluding diaryl/α,β-unsaturated/α-hetero) is 1. The number of hydrogen-bond donors (Lipinski definition) is 2. The minimum atomic E-state index is -1.76. The third-order valence-electron chi connectivity index (χ3n) is 0.958. The van der Waals surface area contributed by atoms with Gasteiger partial charge in [-0.2, -0.15) is 0 Å². The summed E-state index contributed by atoms with van der Waals surface area (Å²) in [6.45, 7) is 1.28. The minimum absolute atomic E-state index is 0.725. The van der Waals surface area contributed by atoms with Gasteiger partial charge >= 0.3 is 11.9 Å². The Morgan fingerprint density at radius 3 is 1.64 bits per heavy atom. The van der Waals surface area contributed by atoms with Crippen LogP contribution in [0.25, 0.3) is 0 Å². The molecule has 0 unspecified atom stereocenters. The Labute approximate surface area is 61.9 Å². The molecule has 0 aromatic carbocycles. The van der Waals surface area contributed by atoms with E-state index in [0.29, 0.717) is 0 Å². The summed E-state index contributed by atoms with van der Waals surface area (Å²) in [5, 5.41) is 16.3. The molecular formula is C6H6O5. The second-order valence-corrected chi connectivity index (χ2v) is 1.64. The fraction of sp³-hybridized carbons (Fsp3) is 0.167. The first-order valence-corrected chi connectivity index (χ1v) is 2.68. The molecule has 0 fully saturated rings. The molecule has 0 aliphatic rings. The van der Waals surface area contributed by atoms with Gasteiger partial charge < -0.3 is 10.2 Å². The van der Waals surface area contributed by atoms with Crippen LogP contribution in [0.5, 0.6) is 0 Å². The molecule has 2 N–H and O–H groups in total. The zero-order chi connectivity index (χ0) is 9.02. The first kappa shape index (κ1) is 9.35. The highest BCUT2D eigenvalue weighted by molar-refractivity contribution is 6.45. The summed E-state index contributed by atoms with van der Waals surface area (Å²) < 4.78 is 0. The predicted octanol–water partition coefficient (Wildman–Crippen LogP) is -0.329. The van der Waals surface area contributed by atoms with Crippen molar-refractivity contribution >= 4 is 17.7 Å². The van der Waals surface area contributed by atoms with Crippen molar-refractivity contribution in [1.29, 1.82) is 0 Å². The molecule has 0 radical (unpaired) electrons. The SMILES string of the molecule is CC=C(C(=O)O)C(=O)C(=O)O. The number of carboxylic acids is 2. The van der Waals surface area contributed by atoms with Crippen molar-refractivity contribution in [3.05, 3.63) is 11.6 Å². The highest BCUT2D eigenvalue weighted by atomic mass is 16.4. The molecule has 0 atom stereocenters. The number of ketones is 1. The van der Waals surface area contributed by atoms with Gasteiger partial charge in [-0.25, -0.2) is 9.59 Å². The van der Waals surface area contributed by atoms with E-state index < -0.39 is 23.3 Å². The summed E-state index contributed by atoms with van der Waals surface area (Å²) in [7, 11) is 0. The van der Waals surface area contributed by atoms with Crippen molar-refractivity contribution < 1.29 is 24.6 Å². The van der Waals surface area contributed by atoms with Crippen LogP contribution >= 0.6 is 0 Å².